The molecule has 0 atom stereocenters. The predicted molar refractivity (Wildman–Crippen MR) is 92.1 cm³/mol. The minimum absolute atomic E-state index is 0.0685. The van der Waals surface area contributed by atoms with Crippen LogP contribution in [0.25, 0.3) is 0 Å². The van der Waals surface area contributed by atoms with E-state index in [-0.39, 0.29) is 16.9 Å². The van der Waals surface area contributed by atoms with Crippen LogP contribution in [0.1, 0.15) is 26.3 Å². The van der Waals surface area contributed by atoms with Crippen LogP contribution in [0, 0.1) is 0 Å². The highest BCUT2D eigenvalue weighted by Gasteiger charge is 2.30. The first-order valence-electron chi connectivity index (χ1n) is 8.25. The third-order valence-electron chi connectivity index (χ3n) is 3.59. The molecule has 0 saturated carbocycles. The highest BCUT2D eigenvalue weighted by atomic mass is 19.4. The van der Waals surface area contributed by atoms with Gasteiger partial charge in [-0.3, -0.25) is 14.4 Å². The molecule has 0 radical (unpaired) electrons. The molecular formula is C19H14F5NO5. The molecule has 0 spiro atoms. The number of esters is 1. The first kappa shape index (κ1) is 22.8. The molecule has 1 N–H and O–H groups in total. The minimum Gasteiger partial charge on any atom is -0.456 e. The normalized spacial score (nSPS) is 11.1. The van der Waals surface area contributed by atoms with Crippen molar-refractivity contribution in [1.29, 1.82) is 0 Å². The standard InChI is InChI=1S/C19H14F5NO5/c20-18(21)30-14-6-2-4-12(8-14)17(28)25-9-16(27)29-10-15(26)11-3-1-5-13(7-11)19(22,23)24/h1-8,18H,9-10H2,(H,25,28). The molecular weight excluding hydrogens is 417 g/mol. The van der Waals surface area contributed by atoms with E-state index >= 15 is 0 Å². The van der Waals surface area contributed by atoms with Crippen molar-refractivity contribution in [3.05, 3.63) is 65.2 Å². The molecule has 2 rings (SSSR count). The third-order valence-corrected chi connectivity index (χ3v) is 3.59. The Kier molecular flexibility index (Phi) is 7.45. The van der Waals surface area contributed by atoms with E-state index in [0.717, 1.165) is 24.3 Å². The topological polar surface area (TPSA) is 81.7 Å². The van der Waals surface area contributed by atoms with Crippen molar-refractivity contribution < 1.29 is 45.8 Å². The van der Waals surface area contributed by atoms with E-state index in [2.05, 4.69) is 14.8 Å². The largest absolute Gasteiger partial charge is 0.456 e. The fourth-order valence-electron chi connectivity index (χ4n) is 2.22. The number of Topliss-reactive ketones (excluding diaryl/α,β-unsaturated/α-hetero) is 1. The van der Waals surface area contributed by atoms with E-state index in [1.54, 1.807) is 0 Å². The summed E-state index contributed by atoms with van der Waals surface area (Å²) in [5.74, 6) is -2.94. The lowest BCUT2D eigenvalue weighted by atomic mass is 10.1. The predicted octanol–water partition coefficient (Wildman–Crippen LogP) is 3.46. The fourth-order valence-corrected chi connectivity index (χ4v) is 2.22. The highest BCUT2D eigenvalue weighted by molar-refractivity contribution is 5.99. The maximum Gasteiger partial charge on any atom is 0.416 e. The van der Waals surface area contributed by atoms with Crippen LogP contribution in [0.3, 0.4) is 0 Å². The summed E-state index contributed by atoms with van der Waals surface area (Å²) in [6.45, 7) is -4.56. The number of ketones is 1. The van der Waals surface area contributed by atoms with Crippen molar-refractivity contribution in [3.8, 4) is 5.75 Å². The molecule has 2 aromatic rings. The summed E-state index contributed by atoms with van der Waals surface area (Å²) in [6, 6.07) is 8.42. The number of alkyl halides is 5. The highest BCUT2D eigenvalue weighted by Crippen LogP contribution is 2.29. The molecule has 11 heteroatoms. The van der Waals surface area contributed by atoms with Crippen molar-refractivity contribution in [2.45, 2.75) is 12.8 Å². The van der Waals surface area contributed by atoms with Gasteiger partial charge in [-0.2, -0.15) is 22.0 Å². The van der Waals surface area contributed by atoms with Gasteiger partial charge in [0, 0.05) is 11.1 Å². The number of nitrogens with one attached hydrogen (secondary N) is 1. The van der Waals surface area contributed by atoms with Gasteiger partial charge in [0.2, 0.25) is 0 Å². The van der Waals surface area contributed by atoms with Crippen LogP contribution in [-0.4, -0.2) is 37.4 Å². The van der Waals surface area contributed by atoms with Crippen LogP contribution in [0.2, 0.25) is 0 Å². The number of amides is 1. The summed E-state index contributed by atoms with van der Waals surface area (Å²) in [5, 5.41) is 2.16. The molecule has 30 heavy (non-hydrogen) atoms. The third kappa shape index (κ3) is 6.83. The number of carbonyl (C=O) groups is 3. The van der Waals surface area contributed by atoms with Gasteiger partial charge in [0.25, 0.3) is 5.91 Å². The number of halogens is 5. The van der Waals surface area contributed by atoms with Gasteiger partial charge in [-0.25, -0.2) is 0 Å². The van der Waals surface area contributed by atoms with Crippen LogP contribution in [0.4, 0.5) is 22.0 Å². The van der Waals surface area contributed by atoms with Crippen molar-refractivity contribution in [1.82, 2.24) is 5.32 Å². The maximum atomic E-state index is 12.7. The second-order valence-corrected chi connectivity index (χ2v) is 5.75. The van der Waals surface area contributed by atoms with E-state index in [4.69, 9.17) is 0 Å². The van der Waals surface area contributed by atoms with Crippen LogP contribution >= 0.6 is 0 Å². The Morgan fingerprint density at radius 2 is 1.63 bits per heavy atom. The maximum absolute atomic E-state index is 12.7. The zero-order chi connectivity index (χ0) is 22.3. The minimum atomic E-state index is -4.63. The zero-order valence-electron chi connectivity index (χ0n) is 15.0. The molecule has 0 fully saturated rings. The molecule has 160 valence electrons. The quantitative estimate of drug-likeness (QED) is 0.393. The van der Waals surface area contributed by atoms with Gasteiger partial charge in [-0.1, -0.05) is 18.2 Å². The molecule has 2 aromatic carbocycles. The first-order valence-corrected chi connectivity index (χ1v) is 8.25. The Balaban J connectivity index is 1.85. The average Bonchev–Trinajstić information content (AvgIpc) is 2.69. The van der Waals surface area contributed by atoms with Crippen molar-refractivity contribution in [2.24, 2.45) is 0 Å². The zero-order valence-corrected chi connectivity index (χ0v) is 15.0. The Labute approximate surface area is 166 Å². The van der Waals surface area contributed by atoms with Gasteiger partial charge >= 0.3 is 18.8 Å². The molecule has 1 amide bonds. The van der Waals surface area contributed by atoms with Gasteiger partial charge in [0.15, 0.2) is 12.4 Å². The number of hydrogen-bond acceptors (Lipinski definition) is 5. The number of ether oxygens (including phenoxy) is 2. The number of carbonyl (C=O) groups excluding carboxylic acids is 3. The molecule has 0 bridgehead atoms. The molecule has 0 aromatic heterocycles. The Morgan fingerprint density at radius 1 is 0.967 bits per heavy atom. The van der Waals surface area contributed by atoms with E-state index in [0.29, 0.717) is 6.07 Å². The second-order valence-electron chi connectivity index (χ2n) is 5.75. The Bertz CT molecular complexity index is 930. The number of rotatable bonds is 8. The Morgan fingerprint density at radius 3 is 2.30 bits per heavy atom. The number of benzene rings is 2. The Hall–Kier alpha value is -3.50. The lowest BCUT2D eigenvalue weighted by Crippen LogP contribution is -2.31. The van der Waals surface area contributed by atoms with Gasteiger partial charge in [-0.05, 0) is 30.3 Å². The van der Waals surface area contributed by atoms with Crippen molar-refractivity contribution in [2.75, 3.05) is 13.2 Å². The van der Waals surface area contributed by atoms with Gasteiger partial charge in [0.05, 0.1) is 5.56 Å². The SMILES string of the molecule is O=C(CNC(=O)c1cccc(OC(F)F)c1)OCC(=O)c1cccc(C(F)(F)F)c1. The summed E-state index contributed by atoms with van der Waals surface area (Å²) in [5.41, 5.74) is -1.39. The summed E-state index contributed by atoms with van der Waals surface area (Å²) < 4.78 is 71.2. The fraction of sp³-hybridized carbons (Fsp3) is 0.211. The molecule has 0 saturated heterocycles. The molecule has 0 heterocycles. The average molecular weight is 431 g/mol. The molecule has 0 unspecified atom stereocenters. The summed E-state index contributed by atoms with van der Waals surface area (Å²) in [6.07, 6.45) is -4.63. The summed E-state index contributed by atoms with van der Waals surface area (Å²) in [7, 11) is 0. The first-order chi connectivity index (χ1) is 14.1. The molecule has 0 aliphatic rings. The van der Waals surface area contributed by atoms with E-state index in [9.17, 15) is 36.3 Å². The van der Waals surface area contributed by atoms with Crippen molar-refractivity contribution in [3.63, 3.8) is 0 Å². The van der Waals surface area contributed by atoms with E-state index < -0.39 is 49.2 Å². The van der Waals surface area contributed by atoms with Crippen molar-refractivity contribution >= 4 is 17.7 Å². The summed E-state index contributed by atoms with van der Waals surface area (Å²) >= 11 is 0. The van der Waals surface area contributed by atoms with E-state index in [1.807, 2.05) is 0 Å². The van der Waals surface area contributed by atoms with Crippen LogP contribution in [0.5, 0.6) is 5.75 Å². The smallest absolute Gasteiger partial charge is 0.416 e. The van der Waals surface area contributed by atoms with Gasteiger partial charge in [-0.15, -0.1) is 0 Å². The summed E-state index contributed by atoms with van der Waals surface area (Å²) in [4.78, 5) is 35.5. The monoisotopic (exact) mass is 431 g/mol. The van der Waals surface area contributed by atoms with Gasteiger partial charge < -0.3 is 14.8 Å². The van der Waals surface area contributed by atoms with Gasteiger partial charge in [0.1, 0.15) is 12.3 Å². The molecule has 6 nitrogen and oxygen atoms in total. The van der Waals surface area contributed by atoms with Crippen LogP contribution < -0.4 is 10.1 Å². The lowest BCUT2D eigenvalue weighted by Gasteiger charge is -2.09. The molecule has 0 aliphatic carbocycles. The van der Waals surface area contributed by atoms with E-state index in [1.165, 1.54) is 18.2 Å². The molecule has 0 aliphatic heterocycles. The lowest BCUT2D eigenvalue weighted by molar-refractivity contribution is -0.141. The van der Waals surface area contributed by atoms with Crippen LogP contribution in [0.15, 0.2) is 48.5 Å². The number of hydrogen-bond donors (Lipinski definition) is 1. The second kappa shape index (κ2) is 9.81. The van der Waals surface area contributed by atoms with Crippen LogP contribution in [-0.2, 0) is 15.7 Å².